The molecule has 5 nitrogen and oxygen atoms in total. The van der Waals surface area contributed by atoms with E-state index in [-0.39, 0.29) is 16.7 Å². The van der Waals surface area contributed by atoms with E-state index in [1.54, 1.807) is 6.07 Å². The summed E-state index contributed by atoms with van der Waals surface area (Å²) in [5.41, 5.74) is 8.29. The third kappa shape index (κ3) is 6.03. The lowest BCUT2D eigenvalue weighted by Gasteiger charge is -2.11. The molecular weight excluding hydrogens is 410 g/mol. The number of hydrogen-bond donors (Lipinski definition) is 2. The number of aryl methyl sites for hydroxylation is 1. The first-order chi connectivity index (χ1) is 14.4. The quantitative estimate of drug-likeness (QED) is 0.260. The third-order valence-electron chi connectivity index (χ3n) is 4.43. The number of rotatable bonds is 9. The molecule has 0 saturated carbocycles. The summed E-state index contributed by atoms with van der Waals surface area (Å²) in [6, 6.07) is 9.88. The molecule has 3 rings (SSSR count). The van der Waals surface area contributed by atoms with Crippen molar-refractivity contribution in [1.29, 1.82) is 0 Å². The molecule has 8 heteroatoms. The molecule has 0 aliphatic rings. The standard InChI is InChI=1S/C22H23ClF2N4O/c1-14-9-16(26)12-17(10-14)30-8-4-2-3-7-27-20-11-15(5-6-18(20)24)21-19(25)13-28-22(23)29-21/h5-6,9-13,27H,2-4,7-8,26H2,1H3. The number of unbranched alkanes of at least 4 members (excludes halogenated alkanes) is 2. The number of aromatic nitrogens is 2. The first-order valence-corrected chi connectivity index (χ1v) is 10.0. The molecule has 0 aliphatic heterocycles. The molecule has 1 aromatic heterocycles. The van der Waals surface area contributed by atoms with E-state index in [1.165, 1.54) is 18.2 Å². The fraction of sp³-hybridized carbons (Fsp3) is 0.273. The monoisotopic (exact) mass is 432 g/mol. The topological polar surface area (TPSA) is 73.1 Å². The van der Waals surface area contributed by atoms with Gasteiger partial charge in [0, 0.05) is 23.9 Å². The van der Waals surface area contributed by atoms with E-state index >= 15 is 0 Å². The molecule has 0 bridgehead atoms. The number of halogens is 3. The third-order valence-corrected chi connectivity index (χ3v) is 4.62. The van der Waals surface area contributed by atoms with Gasteiger partial charge in [-0.05, 0) is 73.7 Å². The molecule has 0 unspecified atom stereocenters. The van der Waals surface area contributed by atoms with E-state index < -0.39 is 11.6 Å². The molecule has 0 aliphatic carbocycles. The summed E-state index contributed by atoms with van der Waals surface area (Å²) in [5.74, 6) is -0.270. The summed E-state index contributed by atoms with van der Waals surface area (Å²) < 4.78 is 33.8. The van der Waals surface area contributed by atoms with Crippen LogP contribution in [0.15, 0.2) is 42.6 Å². The predicted molar refractivity (Wildman–Crippen MR) is 116 cm³/mol. The summed E-state index contributed by atoms with van der Waals surface area (Å²) in [5, 5.41) is 2.98. The fourth-order valence-electron chi connectivity index (χ4n) is 3.03. The Balaban J connectivity index is 1.46. The minimum atomic E-state index is -0.618. The molecule has 30 heavy (non-hydrogen) atoms. The van der Waals surface area contributed by atoms with E-state index in [4.69, 9.17) is 22.1 Å². The van der Waals surface area contributed by atoms with Crippen LogP contribution in [0.4, 0.5) is 20.2 Å². The molecule has 158 valence electrons. The van der Waals surface area contributed by atoms with Gasteiger partial charge in [-0.2, -0.15) is 0 Å². The van der Waals surface area contributed by atoms with Crippen molar-refractivity contribution >= 4 is 23.0 Å². The Kier molecular flexibility index (Phi) is 7.41. The number of benzene rings is 2. The van der Waals surface area contributed by atoms with Gasteiger partial charge in [0.25, 0.3) is 0 Å². The average Bonchev–Trinajstić information content (AvgIpc) is 2.69. The van der Waals surface area contributed by atoms with Crippen molar-refractivity contribution in [3.05, 3.63) is 65.1 Å². The Morgan fingerprint density at radius 3 is 2.70 bits per heavy atom. The van der Waals surface area contributed by atoms with Crippen molar-refractivity contribution < 1.29 is 13.5 Å². The maximum atomic E-state index is 14.1. The van der Waals surface area contributed by atoms with Crippen LogP contribution in [0.25, 0.3) is 11.3 Å². The van der Waals surface area contributed by atoms with Crippen LogP contribution in [0.2, 0.25) is 5.28 Å². The maximum Gasteiger partial charge on any atom is 0.223 e. The van der Waals surface area contributed by atoms with Crippen molar-refractivity contribution in [2.75, 3.05) is 24.2 Å². The zero-order chi connectivity index (χ0) is 21.5. The molecule has 3 N–H and O–H groups in total. The van der Waals surface area contributed by atoms with Crippen molar-refractivity contribution in [2.24, 2.45) is 0 Å². The molecule has 1 heterocycles. The molecule has 2 aromatic carbocycles. The van der Waals surface area contributed by atoms with Crippen molar-refractivity contribution in [3.8, 4) is 17.0 Å². The molecule has 0 radical (unpaired) electrons. The maximum absolute atomic E-state index is 14.1. The van der Waals surface area contributed by atoms with Gasteiger partial charge in [-0.1, -0.05) is 0 Å². The highest BCUT2D eigenvalue weighted by atomic mass is 35.5. The van der Waals surface area contributed by atoms with E-state index in [0.717, 1.165) is 36.8 Å². The number of hydrogen-bond acceptors (Lipinski definition) is 5. The average molecular weight is 433 g/mol. The Morgan fingerprint density at radius 2 is 1.90 bits per heavy atom. The van der Waals surface area contributed by atoms with Gasteiger partial charge in [0.05, 0.1) is 18.5 Å². The highest BCUT2D eigenvalue weighted by Crippen LogP contribution is 2.26. The second-order valence-corrected chi connectivity index (χ2v) is 7.28. The summed E-state index contributed by atoms with van der Waals surface area (Å²) in [7, 11) is 0. The van der Waals surface area contributed by atoms with Crippen molar-refractivity contribution in [3.63, 3.8) is 0 Å². The molecule has 0 spiro atoms. The lowest BCUT2D eigenvalue weighted by Crippen LogP contribution is -2.05. The van der Waals surface area contributed by atoms with Crippen LogP contribution >= 0.6 is 11.6 Å². The van der Waals surface area contributed by atoms with Gasteiger partial charge < -0.3 is 15.8 Å². The largest absolute Gasteiger partial charge is 0.494 e. The van der Waals surface area contributed by atoms with Gasteiger partial charge in [-0.15, -0.1) is 0 Å². The van der Waals surface area contributed by atoms with Gasteiger partial charge in [-0.25, -0.2) is 18.7 Å². The molecular formula is C22H23ClF2N4O. The fourth-order valence-corrected chi connectivity index (χ4v) is 3.17. The second-order valence-electron chi connectivity index (χ2n) is 6.95. The van der Waals surface area contributed by atoms with E-state index in [2.05, 4.69) is 15.3 Å². The number of nitrogens with zero attached hydrogens (tertiary/aromatic N) is 2. The van der Waals surface area contributed by atoms with Crippen molar-refractivity contribution in [1.82, 2.24) is 9.97 Å². The van der Waals surface area contributed by atoms with Crippen LogP contribution in [0.3, 0.4) is 0 Å². The number of ether oxygens (including phenoxy) is 1. The molecule has 0 amide bonds. The SMILES string of the molecule is Cc1cc(N)cc(OCCCCCNc2cc(-c3nc(Cl)ncc3F)ccc2F)c1. The summed E-state index contributed by atoms with van der Waals surface area (Å²) in [6.07, 6.45) is 3.60. The number of nitrogens with one attached hydrogen (secondary N) is 1. The Morgan fingerprint density at radius 1 is 1.07 bits per heavy atom. The normalized spacial score (nSPS) is 10.8. The van der Waals surface area contributed by atoms with Crippen LogP contribution in [0.1, 0.15) is 24.8 Å². The van der Waals surface area contributed by atoms with Crippen LogP contribution in [0.5, 0.6) is 5.75 Å². The minimum absolute atomic E-state index is 0.0342. The Hall–Kier alpha value is -2.93. The van der Waals surface area contributed by atoms with Crippen LogP contribution in [-0.4, -0.2) is 23.1 Å². The minimum Gasteiger partial charge on any atom is -0.494 e. The summed E-state index contributed by atoms with van der Waals surface area (Å²) in [6.45, 7) is 3.13. The highest BCUT2D eigenvalue weighted by Gasteiger charge is 2.11. The predicted octanol–water partition coefficient (Wildman–Crippen LogP) is 5.63. The van der Waals surface area contributed by atoms with Crippen LogP contribution in [-0.2, 0) is 0 Å². The molecule has 3 aromatic rings. The van der Waals surface area contributed by atoms with E-state index in [0.29, 0.717) is 24.4 Å². The lowest BCUT2D eigenvalue weighted by molar-refractivity contribution is 0.306. The molecule has 0 fully saturated rings. The Bertz CT molecular complexity index is 996. The number of nitrogens with two attached hydrogens (primary N) is 1. The number of anilines is 2. The van der Waals surface area contributed by atoms with Gasteiger partial charge >= 0.3 is 0 Å². The van der Waals surface area contributed by atoms with E-state index in [1.807, 2.05) is 19.1 Å². The van der Waals surface area contributed by atoms with E-state index in [9.17, 15) is 8.78 Å². The summed E-state index contributed by atoms with van der Waals surface area (Å²) in [4.78, 5) is 7.48. The van der Waals surface area contributed by atoms with Gasteiger partial charge in [0.2, 0.25) is 5.28 Å². The van der Waals surface area contributed by atoms with Crippen LogP contribution < -0.4 is 15.8 Å². The highest BCUT2D eigenvalue weighted by molar-refractivity contribution is 6.28. The first-order valence-electron chi connectivity index (χ1n) is 9.64. The smallest absolute Gasteiger partial charge is 0.223 e. The zero-order valence-corrected chi connectivity index (χ0v) is 17.3. The zero-order valence-electron chi connectivity index (χ0n) is 16.6. The summed E-state index contributed by atoms with van der Waals surface area (Å²) >= 11 is 5.74. The van der Waals surface area contributed by atoms with Crippen molar-refractivity contribution in [2.45, 2.75) is 26.2 Å². The number of nitrogen functional groups attached to an aromatic ring is 1. The first kappa shape index (κ1) is 21.8. The molecule has 0 atom stereocenters. The Labute approximate surface area is 179 Å². The molecule has 0 saturated heterocycles. The van der Waals surface area contributed by atoms with Gasteiger partial charge in [0.15, 0.2) is 5.82 Å². The van der Waals surface area contributed by atoms with Crippen LogP contribution in [0, 0.1) is 18.6 Å². The lowest BCUT2D eigenvalue weighted by atomic mass is 10.1. The van der Waals surface area contributed by atoms with Gasteiger partial charge in [-0.3, -0.25) is 0 Å². The van der Waals surface area contributed by atoms with Gasteiger partial charge in [0.1, 0.15) is 17.3 Å². The second kappa shape index (κ2) is 10.2.